The summed E-state index contributed by atoms with van der Waals surface area (Å²) in [5.41, 5.74) is 0.977. The number of hydrogen-bond acceptors (Lipinski definition) is 2. The molecule has 1 N–H and O–H groups in total. The van der Waals surface area contributed by atoms with Crippen LogP contribution >= 0.6 is 15.9 Å². The molecule has 0 spiro atoms. The van der Waals surface area contributed by atoms with Gasteiger partial charge in [-0.15, -0.1) is 0 Å². The maximum atomic E-state index is 10.3. The largest absolute Gasteiger partial charge is 0.494 e. The van der Waals surface area contributed by atoms with Gasteiger partial charge in [0.1, 0.15) is 5.75 Å². The van der Waals surface area contributed by atoms with Crippen molar-refractivity contribution in [2.45, 2.75) is 45.1 Å². The average molecular weight is 313 g/mol. The maximum Gasteiger partial charge on any atom is 0.120 e. The van der Waals surface area contributed by atoms with Crippen LogP contribution in [0.25, 0.3) is 0 Å². The van der Waals surface area contributed by atoms with Crippen molar-refractivity contribution in [3.05, 3.63) is 28.2 Å². The van der Waals surface area contributed by atoms with Gasteiger partial charge in [0.05, 0.1) is 12.7 Å². The van der Waals surface area contributed by atoms with Crippen LogP contribution in [-0.2, 0) is 0 Å². The zero-order valence-electron chi connectivity index (χ0n) is 10.9. The molecule has 3 heteroatoms. The highest BCUT2D eigenvalue weighted by atomic mass is 79.9. The molecule has 0 aliphatic heterocycles. The Kier molecular flexibility index (Phi) is 5.07. The third-order valence-corrected chi connectivity index (χ3v) is 4.36. The van der Waals surface area contributed by atoms with E-state index in [1.54, 1.807) is 0 Å². The first kappa shape index (κ1) is 13.9. The summed E-state index contributed by atoms with van der Waals surface area (Å²) in [6.07, 6.45) is 5.70. The van der Waals surface area contributed by atoms with Crippen molar-refractivity contribution in [1.82, 2.24) is 0 Å². The van der Waals surface area contributed by atoms with E-state index in [0.717, 1.165) is 22.2 Å². The van der Waals surface area contributed by atoms with Gasteiger partial charge < -0.3 is 9.84 Å². The Hall–Kier alpha value is -0.540. The van der Waals surface area contributed by atoms with Gasteiger partial charge >= 0.3 is 0 Å². The van der Waals surface area contributed by atoms with Gasteiger partial charge in [-0.25, -0.2) is 0 Å². The Morgan fingerprint density at radius 1 is 1.39 bits per heavy atom. The van der Waals surface area contributed by atoms with E-state index >= 15 is 0 Å². The SMILES string of the molecule is CCOc1ccc(C(O)CC2CCCC2)c(Br)c1. The van der Waals surface area contributed by atoms with Crippen LogP contribution in [0.5, 0.6) is 5.75 Å². The third-order valence-electron chi connectivity index (χ3n) is 3.67. The summed E-state index contributed by atoms with van der Waals surface area (Å²) in [6.45, 7) is 2.63. The average Bonchev–Trinajstić information content (AvgIpc) is 2.82. The molecular formula is C15H21BrO2. The molecule has 1 saturated carbocycles. The van der Waals surface area contributed by atoms with E-state index in [0.29, 0.717) is 12.5 Å². The molecule has 0 radical (unpaired) electrons. The molecule has 1 unspecified atom stereocenters. The molecule has 0 bridgehead atoms. The van der Waals surface area contributed by atoms with E-state index < -0.39 is 0 Å². The first-order chi connectivity index (χ1) is 8.70. The van der Waals surface area contributed by atoms with Gasteiger partial charge in [0.25, 0.3) is 0 Å². The molecule has 100 valence electrons. The summed E-state index contributed by atoms with van der Waals surface area (Å²) in [7, 11) is 0. The van der Waals surface area contributed by atoms with Gasteiger partial charge in [-0.2, -0.15) is 0 Å². The first-order valence-corrected chi connectivity index (χ1v) is 7.60. The maximum absolute atomic E-state index is 10.3. The van der Waals surface area contributed by atoms with Crippen molar-refractivity contribution < 1.29 is 9.84 Å². The highest BCUT2D eigenvalue weighted by Gasteiger charge is 2.21. The minimum atomic E-state index is -0.363. The number of aliphatic hydroxyl groups excluding tert-OH is 1. The molecule has 0 amide bonds. The lowest BCUT2D eigenvalue weighted by molar-refractivity contribution is 0.144. The monoisotopic (exact) mass is 312 g/mol. The number of benzene rings is 1. The van der Waals surface area contributed by atoms with Gasteiger partial charge in [-0.3, -0.25) is 0 Å². The smallest absolute Gasteiger partial charge is 0.120 e. The summed E-state index contributed by atoms with van der Waals surface area (Å²) in [5.74, 6) is 1.54. The molecule has 1 fully saturated rings. The Labute approximate surface area is 117 Å². The van der Waals surface area contributed by atoms with E-state index in [-0.39, 0.29) is 6.10 Å². The van der Waals surface area contributed by atoms with Crippen LogP contribution in [0.1, 0.15) is 50.7 Å². The predicted molar refractivity (Wildman–Crippen MR) is 76.8 cm³/mol. The van der Waals surface area contributed by atoms with Crippen molar-refractivity contribution in [3.63, 3.8) is 0 Å². The molecular weight excluding hydrogens is 292 g/mol. The zero-order valence-corrected chi connectivity index (χ0v) is 12.4. The molecule has 1 aromatic rings. The lowest BCUT2D eigenvalue weighted by Crippen LogP contribution is -2.05. The normalized spacial score (nSPS) is 17.9. The summed E-state index contributed by atoms with van der Waals surface area (Å²) >= 11 is 3.53. The molecule has 1 atom stereocenters. The van der Waals surface area contributed by atoms with Crippen molar-refractivity contribution in [1.29, 1.82) is 0 Å². The topological polar surface area (TPSA) is 29.5 Å². The Bertz CT molecular complexity index is 386. The highest BCUT2D eigenvalue weighted by Crippen LogP contribution is 2.36. The first-order valence-electron chi connectivity index (χ1n) is 6.81. The Morgan fingerprint density at radius 2 is 2.11 bits per heavy atom. The Morgan fingerprint density at radius 3 is 2.72 bits per heavy atom. The third kappa shape index (κ3) is 3.48. The molecule has 0 heterocycles. The summed E-state index contributed by atoms with van der Waals surface area (Å²) in [6, 6.07) is 5.84. The number of aliphatic hydroxyl groups is 1. The molecule has 0 aromatic heterocycles. The van der Waals surface area contributed by atoms with Crippen molar-refractivity contribution >= 4 is 15.9 Å². The standard InChI is InChI=1S/C15H21BrO2/c1-2-18-12-7-8-13(14(16)10-12)15(17)9-11-5-3-4-6-11/h7-8,10-11,15,17H,2-6,9H2,1H3. The molecule has 1 aliphatic carbocycles. The van der Waals surface area contributed by atoms with Gasteiger partial charge in [0.2, 0.25) is 0 Å². The molecule has 18 heavy (non-hydrogen) atoms. The van der Waals surface area contributed by atoms with Crippen LogP contribution < -0.4 is 4.74 Å². The number of hydrogen-bond donors (Lipinski definition) is 1. The van der Waals surface area contributed by atoms with Crippen LogP contribution in [0.2, 0.25) is 0 Å². The second-order valence-corrected chi connectivity index (χ2v) is 5.87. The van der Waals surface area contributed by atoms with Gasteiger partial charge in [-0.1, -0.05) is 47.7 Å². The number of ether oxygens (including phenoxy) is 1. The second kappa shape index (κ2) is 6.58. The van der Waals surface area contributed by atoms with Crippen molar-refractivity contribution in [2.75, 3.05) is 6.61 Å². The fourth-order valence-electron chi connectivity index (χ4n) is 2.72. The highest BCUT2D eigenvalue weighted by molar-refractivity contribution is 9.10. The van der Waals surface area contributed by atoms with Crippen molar-refractivity contribution in [2.24, 2.45) is 5.92 Å². The molecule has 1 aromatic carbocycles. The summed E-state index contributed by atoms with van der Waals surface area (Å²) < 4.78 is 6.39. The summed E-state index contributed by atoms with van der Waals surface area (Å²) in [4.78, 5) is 0. The van der Waals surface area contributed by atoms with E-state index in [9.17, 15) is 5.11 Å². The molecule has 1 aliphatic rings. The number of rotatable bonds is 5. The van der Waals surface area contributed by atoms with Gasteiger partial charge in [-0.05, 0) is 37.0 Å². The van der Waals surface area contributed by atoms with E-state index in [1.165, 1.54) is 25.7 Å². The van der Waals surface area contributed by atoms with Crippen LogP contribution in [0, 0.1) is 5.92 Å². The minimum Gasteiger partial charge on any atom is -0.494 e. The van der Waals surface area contributed by atoms with Crippen LogP contribution in [0.4, 0.5) is 0 Å². The van der Waals surface area contributed by atoms with E-state index in [1.807, 2.05) is 25.1 Å². The van der Waals surface area contributed by atoms with E-state index in [4.69, 9.17) is 4.74 Å². The van der Waals surface area contributed by atoms with Crippen LogP contribution in [0.15, 0.2) is 22.7 Å². The van der Waals surface area contributed by atoms with Crippen molar-refractivity contribution in [3.8, 4) is 5.75 Å². The molecule has 0 saturated heterocycles. The quantitative estimate of drug-likeness (QED) is 0.869. The summed E-state index contributed by atoms with van der Waals surface area (Å²) in [5, 5.41) is 10.3. The Balaban J connectivity index is 2.02. The van der Waals surface area contributed by atoms with Crippen LogP contribution in [0.3, 0.4) is 0 Å². The van der Waals surface area contributed by atoms with Gasteiger partial charge in [0, 0.05) is 4.47 Å². The number of halogens is 1. The van der Waals surface area contributed by atoms with Gasteiger partial charge in [0.15, 0.2) is 0 Å². The molecule has 2 nitrogen and oxygen atoms in total. The molecule has 2 rings (SSSR count). The second-order valence-electron chi connectivity index (χ2n) is 5.02. The van der Waals surface area contributed by atoms with Crippen LogP contribution in [-0.4, -0.2) is 11.7 Å². The lowest BCUT2D eigenvalue weighted by atomic mass is 9.96. The fourth-order valence-corrected chi connectivity index (χ4v) is 3.35. The predicted octanol–water partition coefficient (Wildman–Crippen LogP) is 4.46. The minimum absolute atomic E-state index is 0.363. The lowest BCUT2D eigenvalue weighted by Gasteiger charge is -2.17. The zero-order chi connectivity index (χ0) is 13.0. The van der Waals surface area contributed by atoms with E-state index in [2.05, 4.69) is 15.9 Å². The fraction of sp³-hybridized carbons (Fsp3) is 0.600.